The largest absolute Gasteiger partial charge is 0.480 e. The van der Waals surface area contributed by atoms with Gasteiger partial charge in [0.05, 0.1) is 11.3 Å². The van der Waals surface area contributed by atoms with Gasteiger partial charge in [0.2, 0.25) is 0 Å². The number of likely N-dealkylation sites (tertiary alicyclic amines) is 1. The second kappa shape index (κ2) is 6.79. The Labute approximate surface area is 158 Å². The highest BCUT2D eigenvalue weighted by Crippen LogP contribution is 2.40. The third kappa shape index (κ3) is 3.11. The number of carboxylic acids is 1. The lowest BCUT2D eigenvalue weighted by atomic mass is 9.84. The molecule has 4 rings (SSSR count). The highest BCUT2D eigenvalue weighted by Gasteiger charge is 2.47. The van der Waals surface area contributed by atoms with Crippen molar-refractivity contribution in [3.8, 4) is 5.82 Å². The summed E-state index contributed by atoms with van der Waals surface area (Å²) >= 11 is 0. The quantitative estimate of drug-likeness (QED) is 0.900. The molecule has 2 fully saturated rings. The normalized spacial score (nSPS) is 24.7. The van der Waals surface area contributed by atoms with Gasteiger partial charge in [0.25, 0.3) is 5.91 Å². The predicted octanol–water partition coefficient (Wildman–Crippen LogP) is 2.74. The Balaban J connectivity index is 1.61. The Morgan fingerprint density at radius 1 is 1.19 bits per heavy atom. The summed E-state index contributed by atoms with van der Waals surface area (Å²) in [7, 11) is 0. The fourth-order valence-corrected chi connectivity index (χ4v) is 4.62. The minimum Gasteiger partial charge on any atom is -0.480 e. The minimum atomic E-state index is -0.912. The summed E-state index contributed by atoms with van der Waals surface area (Å²) < 4.78 is 1.73. The molecule has 1 saturated heterocycles. The first-order valence-corrected chi connectivity index (χ1v) is 9.51. The first-order chi connectivity index (χ1) is 13.0. The van der Waals surface area contributed by atoms with Gasteiger partial charge < -0.3 is 10.0 Å². The van der Waals surface area contributed by atoms with Gasteiger partial charge in [-0.05, 0) is 57.2 Å². The zero-order chi connectivity index (χ0) is 19.1. The van der Waals surface area contributed by atoms with E-state index in [1.165, 1.54) is 6.20 Å². The third-order valence-corrected chi connectivity index (χ3v) is 5.83. The van der Waals surface area contributed by atoms with E-state index in [1.807, 2.05) is 19.9 Å². The van der Waals surface area contributed by atoms with Gasteiger partial charge in [-0.25, -0.2) is 14.5 Å². The molecule has 2 aliphatic rings. The van der Waals surface area contributed by atoms with Gasteiger partial charge >= 0.3 is 5.97 Å². The molecule has 7 heteroatoms. The molecular formula is C20H24N4O3. The van der Waals surface area contributed by atoms with Gasteiger partial charge in [0.1, 0.15) is 6.04 Å². The molecule has 7 nitrogen and oxygen atoms in total. The van der Waals surface area contributed by atoms with Crippen molar-refractivity contribution in [1.29, 1.82) is 0 Å². The maximum Gasteiger partial charge on any atom is 0.326 e. The fraction of sp³-hybridized carbons (Fsp3) is 0.500. The number of amides is 1. The Morgan fingerprint density at radius 2 is 1.96 bits per heavy atom. The number of fused-ring (bicyclic) bond motifs is 1. The van der Waals surface area contributed by atoms with E-state index in [9.17, 15) is 14.7 Å². The molecule has 0 spiro atoms. The van der Waals surface area contributed by atoms with E-state index >= 15 is 0 Å². The average Bonchev–Trinajstić information content (AvgIpc) is 3.21. The van der Waals surface area contributed by atoms with Crippen LogP contribution in [0, 0.1) is 19.8 Å². The second-order valence-corrected chi connectivity index (χ2v) is 7.66. The SMILES string of the molecule is Cc1cc(C)n(-c2ccc(C(=O)N3[C@@H]4CCCC[C@H]4C[C@H]3C(=O)O)cn2)n1. The van der Waals surface area contributed by atoms with Gasteiger partial charge in [-0.15, -0.1) is 0 Å². The molecule has 142 valence electrons. The molecular weight excluding hydrogens is 344 g/mol. The number of aliphatic carboxylic acids is 1. The molecule has 1 aliphatic carbocycles. The van der Waals surface area contributed by atoms with Crippen LogP contribution in [0.2, 0.25) is 0 Å². The van der Waals surface area contributed by atoms with Crippen molar-refractivity contribution in [2.24, 2.45) is 5.92 Å². The average molecular weight is 368 g/mol. The number of pyridine rings is 1. The van der Waals surface area contributed by atoms with E-state index < -0.39 is 12.0 Å². The second-order valence-electron chi connectivity index (χ2n) is 7.66. The van der Waals surface area contributed by atoms with Crippen molar-refractivity contribution in [3.63, 3.8) is 0 Å². The van der Waals surface area contributed by atoms with Crippen LogP contribution in [0.4, 0.5) is 0 Å². The molecule has 1 amide bonds. The number of nitrogens with zero attached hydrogens (tertiary/aromatic N) is 4. The van der Waals surface area contributed by atoms with E-state index in [0.29, 0.717) is 23.7 Å². The van der Waals surface area contributed by atoms with Crippen molar-refractivity contribution >= 4 is 11.9 Å². The Bertz CT molecular complexity index is 874. The van der Waals surface area contributed by atoms with Crippen LogP contribution in [0.15, 0.2) is 24.4 Å². The summed E-state index contributed by atoms with van der Waals surface area (Å²) in [6.07, 6.45) is 6.15. The summed E-state index contributed by atoms with van der Waals surface area (Å²) in [6, 6.07) is 4.74. The van der Waals surface area contributed by atoms with Gasteiger partial charge in [-0.2, -0.15) is 5.10 Å². The van der Waals surface area contributed by atoms with E-state index in [2.05, 4.69) is 10.1 Å². The van der Waals surface area contributed by atoms with Crippen molar-refractivity contribution in [1.82, 2.24) is 19.7 Å². The summed E-state index contributed by atoms with van der Waals surface area (Å²) in [6.45, 7) is 3.87. The number of carboxylic acid groups (broad SMARTS) is 1. The monoisotopic (exact) mass is 368 g/mol. The highest BCUT2D eigenvalue weighted by molar-refractivity contribution is 5.97. The molecule has 0 bridgehead atoms. The Morgan fingerprint density at radius 3 is 2.59 bits per heavy atom. The zero-order valence-electron chi connectivity index (χ0n) is 15.6. The minimum absolute atomic E-state index is 0.0306. The molecule has 1 aliphatic heterocycles. The molecule has 0 unspecified atom stereocenters. The van der Waals surface area contributed by atoms with Crippen LogP contribution in [0.1, 0.15) is 53.8 Å². The number of carbonyl (C=O) groups is 2. The van der Waals surface area contributed by atoms with Crippen LogP contribution in [-0.2, 0) is 4.79 Å². The van der Waals surface area contributed by atoms with Crippen LogP contribution >= 0.6 is 0 Å². The van der Waals surface area contributed by atoms with Crippen LogP contribution in [0.25, 0.3) is 5.82 Å². The predicted molar refractivity (Wildman–Crippen MR) is 98.8 cm³/mol. The third-order valence-electron chi connectivity index (χ3n) is 5.83. The van der Waals surface area contributed by atoms with Crippen LogP contribution in [0.5, 0.6) is 0 Å². The molecule has 1 saturated carbocycles. The van der Waals surface area contributed by atoms with E-state index in [1.54, 1.807) is 21.7 Å². The first kappa shape index (κ1) is 17.7. The zero-order valence-corrected chi connectivity index (χ0v) is 15.6. The number of hydrogen-bond donors (Lipinski definition) is 1. The van der Waals surface area contributed by atoms with Crippen LogP contribution in [-0.4, -0.2) is 48.7 Å². The van der Waals surface area contributed by atoms with E-state index in [4.69, 9.17) is 0 Å². The van der Waals surface area contributed by atoms with E-state index in [-0.39, 0.29) is 11.9 Å². The fourth-order valence-electron chi connectivity index (χ4n) is 4.62. The number of aryl methyl sites for hydroxylation is 2. The van der Waals surface area contributed by atoms with Gasteiger partial charge in [0, 0.05) is 17.9 Å². The molecule has 27 heavy (non-hydrogen) atoms. The molecule has 0 aromatic carbocycles. The number of carbonyl (C=O) groups excluding carboxylic acids is 1. The summed E-state index contributed by atoms with van der Waals surface area (Å²) in [4.78, 5) is 30.9. The highest BCUT2D eigenvalue weighted by atomic mass is 16.4. The molecule has 2 aromatic rings. The number of rotatable bonds is 3. The van der Waals surface area contributed by atoms with Crippen LogP contribution < -0.4 is 0 Å². The molecule has 3 heterocycles. The van der Waals surface area contributed by atoms with Crippen molar-refractivity contribution < 1.29 is 14.7 Å². The topological polar surface area (TPSA) is 88.3 Å². The summed E-state index contributed by atoms with van der Waals surface area (Å²) in [5.74, 6) is -0.205. The van der Waals surface area contributed by atoms with Gasteiger partial charge in [0.15, 0.2) is 5.82 Å². The smallest absolute Gasteiger partial charge is 0.326 e. The van der Waals surface area contributed by atoms with Gasteiger partial charge in [-0.3, -0.25) is 4.79 Å². The van der Waals surface area contributed by atoms with Crippen molar-refractivity contribution in [2.45, 2.75) is 58.0 Å². The first-order valence-electron chi connectivity index (χ1n) is 9.51. The van der Waals surface area contributed by atoms with Crippen molar-refractivity contribution in [2.75, 3.05) is 0 Å². The standard InChI is InChI=1S/C20H24N4O3/c1-12-9-13(2)24(22-12)18-8-7-15(11-21-18)19(25)23-16-6-4-3-5-14(16)10-17(23)20(26)27/h7-9,11,14,16-17H,3-6,10H2,1-2H3,(H,26,27)/t14-,16+,17-/m0/s1. The summed E-state index contributed by atoms with van der Waals surface area (Å²) in [5.41, 5.74) is 2.30. The van der Waals surface area contributed by atoms with Crippen molar-refractivity contribution in [3.05, 3.63) is 41.3 Å². The lowest BCUT2D eigenvalue weighted by Gasteiger charge is -2.33. The number of aromatic nitrogens is 3. The maximum atomic E-state index is 13.1. The lowest BCUT2D eigenvalue weighted by molar-refractivity contribution is -0.141. The molecule has 1 N–H and O–H groups in total. The van der Waals surface area contributed by atoms with Crippen LogP contribution in [0.3, 0.4) is 0 Å². The summed E-state index contributed by atoms with van der Waals surface area (Å²) in [5, 5.41) is 14.0. The molecule has 0 radical (unpaired) electrons. The Kier molecular flexibility index (Phi) is 4.45. The molecule has 3 atom stereocenters. The maximum absolute atomic E-state index is 13.1. The van der Waals surface area contributed by atoms with E-state index in [0.717, 1.165) is 37.1 Å². The lowest BCUT2D eigenvalue weighted by Crippen LogP contribution is -2.46. The molecule has 2 aromatic heterocycles. The Hall–Kier alpha value is -2.70. The number of hydrogen-bond acceptors (Lipinski definition) is 4. The van der Waals surface area contributed by atoms with Gasteiger partial charge in [-0.1, -0.05) is 12.8 Å².